The van der Waals surface area contributed by atoms with E-state index in [0.717, 1.165) is 5.56 Å². The highest BCUT2D eigenvalue weighted by Crippen LogP contribution is 2.35. The van der Waals surface area contributed by atoms with Gasteiger partial charge in [-0.15, -0.1) is 0 Å². The summed E-state index contributed by atoms with van der Waals surface area (Å²) < 4.78 is 11.1. The van der Waals surface area contributed by atoms with Crippen molar-refractivity contribution in [2.24, 2.45) is 0 Å². The molecule has 0 bridgehead atoms. The molecule has 0 unspecified atom stereocenters. The summed E-state index contributed by atoms with van der Waals surface area (Å²) in [4.78, 5) is 12.4. The number of ketones is 1. The topological polar surface area (TPSA) is 55.8 Å². The fourth-order valence-corrected chi connectivity index (χ4v) is 2.52. The number of ether oxygens (including phenoxy) is 2. The summed E-state index contributed by atoms with van der Waals surface area (Å²) in [5, 5.41) is 9.79. The van der Waals surface area contributed by atoms with E-state index in [9.17, 15) is 9.90 Å². The molecule has 0 saturated carbocycles. The van der Waals surface area contributed by atoms with Gasteiger partial charge in [0.2, 0.25) is 0 Å². The highest BCUT2D eigenvalue weighted by atomic mass is 79.9. The Hall–Kier alpha value is -2.27. The summed E-state index contributed by atoms with van der Waals surface area (Å²) in [5.41, 5.74) is 1.24. The number of benzene rings is 2. The second-order valence-corrected chi connectivity index (χ2v) is 5.53. The molecule has 0 aliphatic heterocycles. The van der Waals surface area contributed by atoms with E-state index in [1.807, 2.05) is 13.0 Å². The van der Waals surface area contributed by atoms with Crippen LogP contribution in [0.4, 0.5) is 0 Å². The SMILES string of the molecule is CCOc1ccccc1C(=O)/C=C/c1cc(Br)c(O)c(OC)c1. The molecule has 1 N–H and O–H groups in total. The quantitative estimate of drug-likeness (QED) is 0.597. The third kappa shape index (κ3) is 4.13. The average molecular weight is 377 g/mol. The molecule has 0 fully saturated rings. The number of carbonyl (C=O) groups is 1. The van der Waals surface area contributed by atoms with Crippen LogP contribution in [0.25, 0.3) is 6.08 Å². The van der Waals surface area contributed by atoms with Crippen molar-refractivity contribution in [3.8, 4) is 17.2 Å². The fourth-order valence-electron chi connectivity index (χ4n) is 2.06. The zero-order chi connectivity index (χ0) is 16.8. The molecular formula is C18H17BrO4. The van der Waals surface area contributed by atoms with E-state index in [1.54, 1.807) is 36.4 Å². The standard InChI is InChI=1S/C18H17BrO4/c1-3-23-16-7-5-4-6-13(16)15(20)9-8-12-10-14(19)18(21)17(11-12)22-2/h4-11,21H,3H2,1-2H3/b9-8+. The highest BCUT2D eigenvalue weighted by molar-refractivity contribution is 9.10. The first-order valence-corrected chi connectivity index (χ1v) is 7.86. The van der Waals surface area contributed by atoms with Crippen LogP contribution in [0, 0.1) is 0 Å². The fraction of sp³-hybridized carbons (Fsp3) is 0.167. The number of methoxy groups -OCH3 is 1. The van der Waals surface area contributed by atoms with Crippen molar-refractivity contribution in [1.82, 2.24) is 0 Å². The summed E-state index contributed by atoms with van der Waals surface area (Å²) >= 11 is 3.25. The molecule has 120 valence electrons. The zero-order valence-corrected chi connectivity index (χ0v) is 14.5. The van der Waals surface area contributed by atoms with E-state index in [1.165, 1.54) is 13.2 Å². The van der Waals surface area contributed by atoms with Crippen LogP contribution in [0.3, 0.4) is 0 Å². The third-order valence-corrected chi connectivity index (χ3v) is 3.75. The maximum atomic E-state index is 12.4. The van der Waals surface area contributed by atoms with Gasteiger partial charge < -0.3 is 14.6 Å². The van der Waals surface area contributed by atoms with E-state index >= 15 is 0 Å². The van der Waals surface area contributed by atoms with E-state index in [-0.39, 0.29) is 11.5 Å². The van der Waals surface area contributed by atoms with Crippen LogP contribution in [0.15, 0.2) is 46.9 Å². The number of rotatable bonds is 6. The summed E-state index contributed by atoms with van der Waals surface area (Å²) in [6.07, 6.45) is 3.13. The van der Waals surface area contributed by atoms with Crippen molar-refractivity contribution >= 4 is 27.8 Å². The lowest BCUT2D eigenvalue weighted by Gasteiger charge is -2.08. The molecule has 2 aromatic rings. The number of phenolic OH excluding ortho intramolecular Hbond substituents is 1. The molecule has 2 rings (SSSR count). The first-order chi connectivity index (χ1) is 11.1. The van der Waals surface area contributed by atoms with Gasteiger partial charge in [0.1, 0.15) is 5.75 Å². The van der Waals surface area contributed by atoms with E-state index in [0.29, 0.717) is 28.1 Å². The van der Waals surface area contributed by atoms with Crippen LogP contribution >= 0.6 is 15.9 Å². The third-order valence-electron chi connectivity index (χ3n) is 3.15. The Kier molecular flexibility index (Phi) is 5.82. The maximum Gasteiger partial charge on any atom is 0.189 e. The number of phenols is 1. The molecule has 2 aromatic carbocycles. The Morgan fingerprint density at radius 1 is 1.26 bits per heavy atom. The van der Waals surface area contributed by atoms with Crippen LogP contribution in [0.1, 0.15) is 22.8 Å². The van der Waals surface area contributed by atoms with Crippen molar-refractivity contribution in [3.05, 3.63) is 58.1 Å². The van der Waals surface area contributed by atoms with Crippen molar-refractivity contribution in [3.63, 3.8) is 0 Å². The predicted octanol–water partition coefficient (Wildman–Crippen LogP) is 4.46. The van der Waals surface area contributed by atoms with Crippen molar-refractivity contribution in [2.45, 2.75) is 6.92 Å². The summed E-state index contributed by atoms with van der Waals surface area (Å²) in [6, 6.07) is 10.5. The van der Waals surface area contributed by atoms with E-state index in [4.69, 9.17) is 9.47 Å². The van der Waals surface area contributed by atoms with Gasteiger partial charge in [0.05, 0.1) is 23.8 Å². The van der Waals surface area contributed by atoms with Gasteiger partial charge in [0.25, 0.3) is 0 Å². The molecule has 0 radical (unpaired) electrons. The minimum atomic E-state index is -0.155. The lowest BCUT2D eigenvalue weighted by molar-refractivity contribution is 0.104. The first kappa shape index (κ1) is 17.1. The molecule has 0 saturated heterocycles. The molecule has 0 atom stereocenters. The molecule has 0 aromatic heterocycles. The Morgan fingerprint density at radius 2 is 2.00 bits per heavy atom. The normalized spacial score (nSPS) is 10.7. The van der Waals surface area contributed by atoms with Crippen LogP contribution in [0.2, 0.25) is 0 Å². The lowest BCUT2D eigenvalue weighted by Crippen LogP contribution is -2.01. The Bertz CT molecular complexity index is 738. The van der Waals surface area contributed by atoms with E-state index in [2.05, 4.69) is 15.9 Å². The number of carbonyl (C=O) groups excluding carboxylic acids is 1. The minimum absolute atomic E-state index is 0.0256. The lowest BCUT2D eigenvalue weighted by atomic mass is 10.1. The summed E-state index contributed by atoms with van der Waals surface area (Å²) in [7, 11) is 1.47. The molecule has 5 heteroatoms. The summed E-state index contributed by atoms with van der Waals surface area (Å²) in [5.74, 6) is 0.769. The van der Waals surface area contributed by atoms with Gasteiger partial charge >= 0.3 is 0 Å². The number of para-hydroxylation sites is 1. The average Bonchev–Trinajstić information content (AvgIpc) is 2.56. The highest BCUT2D eigenvalue weighted by Gasteiger charge is 2.10. The van der Waals surface area contributed by atoms with Gasteiger partial charge in [-0.25, -0.2) is 0 Å². The van der Waals surface area contributed by atoms with Crippen LogP contribution in [-0.2, 0) is 0 Å². The first-order valence-electron chi connectivity index (χ1n) is 7.07. The molecule has 0 aliphatic rings. The second-order valence-electron chi connectivity index (χ2n) is 4.68. The smallest absolute Gasteiger partial charge is 0.189 e. The van der Waals surface area contributed by atoms with Gasteiger partial charge in [-0.1, -0.05) is 18.2 Å². The second kappa shape index (κ2) is 7.83. The Morgan fingerprint density at radius 3 is 2.70 bits per heavy atom. The van der Waals surface area contributed by atoms with Crippen LogP contribution in [-0.4, -0.2) is 24.6 Å². The number of aromatic hydroxyl groups is 1. The van der Waals surface area contributed by atoms with Gasteiger partial charge in [-0.2, -0.15) is 0 Å². The van der Waals surface area contributed by atoms with Crippen LogP contribution in [0.5, 0.6) is 17.2 Å². The van der Waals surface area contributed by atoms with Gasteiger partial charge in [0.15, 0.2) is 17.3 Å². The number of hydrogen-bond acceptors (Lipinski definition) is 4. The molecule has 4 nitrogen and oxygen atoms in total. The molecule has 0 aliphatic carbocycles. The predicted molar refractivity (Wildman–Crippen MR) is 93.3 cm³/mol. The van der Waals surface area contributed by atoms with Crippen molar-refractivity contribution in [2.75, 3.05) is 13.7 Å². The molecule has 23 heavy (non-hydrogen) atoms. The minimum Gasteiger partial charge on any atom is -0.503 e. The van der Waals surface area contributed by atoms with Crippen LogP contribution < -0.4 is 9.47 Å². The number of hydrogen-bond donors (Lipinski definition) is 1. The number of allylic oxidation sites excluding steroid dienone is 1. The van der Waals surface area contributed by atoms with Gasteiger partial charge in [-0.3, -0.25) is 4.79 Å². The van der Waals surface area contributed by atoms with Gasteiger partial charge in [-0.05, 0) is 58.8 Å². The molecule has 0 amide bonds. The molecular weight excluding hydrogens is 360 g/mol. The van der Waals surface area contributed by atoms with Gasteiger partial charge in [0, 0.05) is 0 Å². The Balaban J connectivity index is 2.27. The summed E-state index contributed by atoms with van der Waals surface area (Å²) in [6.45, 7) is 2.37. The molecule has 0 heterocycles. The largest absolute Gasteiger partial charge is 0.503 e. The van der Waals surface area contributed by atoms with Crippen molar-refractivity contribution < 1.29 is 19.4 Å². The van der Waals surface area contributed by atoms with E-state index < -0.39 is 0 Å². The zero-order valence-electron chi connectivity index (χ0n) is 12.9. The monoisotopic (exact) mass is 376 g/mol. The Labute approximate surface area is 143 Å². The number of halogens is 1. The van der Waals surface area contributed by atoms with Crippen molar-refractivity contribution in [1.29, 1.82) is 0 Å². The maximum absolute atomic E-state index is 12.4. The molecule has 0 spiro atoms.